The minimum atomic E-state index is 0.421. The van der Waals surface area contributed by atoms with E-state index in [0.717, 1.165) is 23.7 Å². The molecule has 0 fully saturated rings. The van der Waals surface area contributed by atoms with Crippen LogP contribution in [0.25, 0.3) is 0 Å². The number of rotatable bonds is 10. The molecule has 0 spiro atoms. The standard InChI is InChI=1S/C21H43/c1-15(2)12-11-13-17(5)19(7)18(6)14-21(9,10)20(8)16(3)4/h15,17-20H,11-14H2,1-10H3. The number of hydrogen-bond acceptors (Lipinski definition) is 0. The Hall–Kier alpha value is 0. The van der Waals surface area contributed by atoms with Crippen molar-refractivity contribution in [3.05, 3.63) is 5.92 Å². The minimum absolute atomic E-state index is 0.421. The molecule has 0 aliphatic heterocycles. The Bertz CT molecular complexity index is 261. The van der Waals surface area contributed by atoms with Gasteiger partial charge >= 0.3 is 0 Å². The lowest BCUT2D eigenvalue weighted by Crippen LogP contribution is -2.30. The van der Waals surface area contributed by atoms with Crippen LogP contribution in [0.2, 0.25) is 0 Å². The predicted octanol–water partition coefficient (Wildman–Crippen LogP) is 7.39. The Labute approximate surface area is 136 Å². The van der Waals surface area contributed by atoms with E-state index in [-0.39, 0.29) is 0 Å². The molecule has 0 nitrogen and oxygen atoms in total. The first-order valence-electron chi connectivity index (χ1n) is 9.29. The molecule has 0 rings (SSSR count). The van der Waals surface area contributed by atoms with E-state index in [4.69, 9.17) is 0 Å². The van der Waals surface area contributed by atoms with Gasteiger partial charge in [-0.05, 0) is 47.3 Å². The van der Waals surface area contributed by atoms with Gasteiger partial charge in [0.2, 0.25) is 0 Å². The summed E-state index contributed by atoms with van der Waals surface area (Å²) in [6, 6.07) is 0. The summed E-state index contributed by atoms with van der Waals surface area (Å²) < 4.78 is 0. The van der Waals surface area contributed by atoms with E-state index < -0.39 is 0 Å². The van der Waals surface area contributed by atoms with Crippen LogP contribution in [0.3, 0.4) is 0 Å². The molecule has 127 valence electrons. The van der Waals surface area contributed by atoms with E-state index in [1.165, 1.54) is 25.7 Å². The Balaban J connectivity index is 4.39. The third kappa shape index (κ3) is 7.71. The summed E-state index contributed by atoms with van der Waals surface area (Å²) in [6.07, 6.45) is 5.53. The molecule has 4 atom stereocenters. The van der Waals surface area contributed by atoms with Crippen molar-refractivity contribution in [1.29, 1.82) is 0 Å². The Morgan fingerprint density at radius 2 is 1.33 bits per heavy atom. The zero-order valence-corrected chi connectivity index (χ0v) is 16.7. The molecule has 0 bridgehead atoms. The van der Waals surface area contributed by atoms with E-state index in [2.05, 4.69) is 69.2 Å². The molecule has 0 heterocycles. The lowest BCUT2D eigenvalue weighted by molar-refractivity contribution is 0.140. The lowest BCUT2D eigenvalue weighted by Gasteiger charge is -2.39. The van der Waals surface area contributed by atoms with Crippen LogP contribution in [0.1, 0.15) is 94.9 Å². The Morgan fingerprint density at radius 3 is 1.76 bits per heavy atom. The molecule has 0 heteroatoms. The summed E-state index contributed by atoms with van der Waals surface area (Å²) in [5.74, 6) is 5.65. The molecule has 0 aromatic carbocycles. The molecule has 0 aromatic heterocycles. The van der Waals surface area contributed by atoms with Crippen LogP contribution in [-0.2, 0) is 0 Å². The maximum atomic E-state index is 2.48. The van der Waals surface area contributed by atoms with Crippen molar-refractivity contribution >= 4 is 0 Å². The van der Waals surface area contributed by atoms with Crippen molar-refractivity contribution in [1.82, 2.24) is 0 Å². The molecule has 21 heavy (non-hydrogen) atoms. The first kappa shape index (κ1) is 21.0. The van der Waals surface area contributed by atoms with Gasteiger partial charge in [0, 0.05) is 0 Å². The Kier molecular flexibility index (Phi) is 9.21. The molecular formula is C21H43. The van der Waals surface area contributed by atoms with Gasteiger partial charge in [0.05, 0.1) is 0 Å². The molecule has 0 saturated heterocycles. The quantitative estimate of drug-likeness (QED) is 0.394. The van der Waals surface area contributed by atoms with Crippen molar-refractivity contribution in [3.8, 4) is 0 Å². The van der Waals surface area contributed by atoms with Crippen LogP contribution in [0.15, 0.2) is 0 Å². The molecule has 0 saturated carbocycles. The van der Waals surface area contributed by atoms with Gasteiger partial charge < -0.3 is 0 Å². The highest BCUT2D eigenvalue weighted by molar-refractivity contribution is 4.94. The van der Waals surface area contributed by atoms with E-state index >= 15 is 0 Å². The largest absolute Gasteiger partial charge is 0.0628 e. The minimum Gasteiger partial charge on any atom is -0.0628 e. The molecule has 1 radical (unpaired) electrons. The monoisotopic (exact) mass is 295 g/mol. The molecule has 0 N–H and O–H groups in total. The van der Waals surface area contributed by atoms with Crippen molar-refractivity contribution in [2.75, 3.05) is 0 Å². The Morgan fingerprint density at radius 1 is 0.810 bits per heavy atom. The average Bonchev–Trinajstić information content (AvgIpc) is 2.35. The van der Waals surface area contributed by atoms with Gasteiger partial charge in [-0.15, -0.1) is 0 Å². The van der Waals surface area contributed by atoms with Gasteiger partial charge in [-0.3, -0.25) is 0 Å². The highest BCUT2D eigenvalue weighted by Gasteiger charge is 2.32. The summed E-state index contributed by atoms with van der Waals surface area (Å²) in [5, 5.41) is 0. The molecule has 0 aliphatic carbocycles. The van der Waals surface area contributed by atoms with Crippen LogP contribution in [-0.4, -0.2) is 0 Å². The van der Waals surface area contributed by atoms with Crippen molar-refractivity contribution in [3.63, 3.8) is 0 Å². The smallest absolute Gasteiger partial charge is 0.0269 e. The summed E-state index contributed by atoms with van der Waals surface area (Å²) in [7, 11) is 0. The van der Waals surface area contributed by atoms with Gasteiger partial charge in [-0.25, -0.2) is 0 Å². The van der Waals surface area contributed by atoms with Crippen molar-refractivity contribution in [2.45, 2.75) is 94.9 Å². The second-order valence-electron chi connectivity index (χ2n) is 9.13. The summed E-state index contributed by atoms with van der Waals surface area (Å²) in [4.78, 5) is 0. The maximum absolute atomic E-state index is 2.48. The first-order chi connectivity index (χ1) is 9.49. The van der Waals surface area contributed by atoms with Crippen LogP contribution in [0.4, 0.5) is 0 Å². The average molecular weight is 296 g/mol. The highest BCUT2D eigenvalue weighted by atomic mass is 14.4. The van der Waals surface area contributed by atoms with Gasteiger partial charge in [0.1, 0.15) is 0 Å². The third-order valence-electron chi connectivity index (χ3n) is 6.12. The van der Waals surface area contributed by atoms with E-state index in [1.807, 2.05) is 0 Å². The third-order valence-corrected chi connectivity index (χ3v) is 6.12. The molecule has 4 unspecified atom stereocenters. The topological polar surface area (TPSA) is 0 Å². The normalized spacial score (nSPS) is 18.9. The molecular weight excluding hydrogens is 252 g/mol. The van der Waals surface area contributed by atoms with Crippen LogP contribution in [0.5, 0.6) is 0 Å². The summed E-state index contributed by atoms with van der Waals surface area (Å²) in [5.41, 5.74) is 0.421. The van der Waals surface area contributed by atoms with Gasteiger partial charge in [0.25, 0.3) is 0 Å². The fraction of sp³-hybridized carbons (Fsp3) is 0.952. The fourth-order valence-corrected chi connectivity index (χ4v) is 3.65. The van der Waals surface area contributed by atoms with Crippen LogP contribution in [0, 0.1) is 40.9 Å². The second-order valence-corrected chi connectivity index (χ2v) is 9.13. The second kappa shape index (κ2) is 9.21. The van der Waals surface area contributed by atoms with Crippen LogP contribution < -0.4 is 0 Å². The van der Waals surface area contributed by atoms with E-state index in [1.54, 1.807) is 5.92 Å². The summed E-state index contributed by atoms with van der Waals surface area (Å²) in [6.45, 7) is 24.0. The van der Waals surface area contributed by atoms with E-state index in [9.17, 15) is 0 Å². The van der Waals surface area contributed by atoms with Crippen molar-refractivity contribution < 1.29 is 0 Å². The lowest BCUT2D eigenvalue weighted by atomic mass is 9.66. The first-order valence-corrected chi connectivity index (χ1v) is 9.29. The zero-order chi connectivity index (χ0) is 16.8. The molecule has 0 aliphatic rings. The van der Waals surface area contributed by atoms with Gasteiger partial charge in [0.15, 0.2) is 0 Å². The maximum Gasteiger partial charge on any atom is -0.0269 e. The summed E-state index contributed by atoms with van der Waals surface area (Å²) >= 11 is 0. The fourth-order valence-electron chi connectivity index (χ4n) is 3.65. The van der Waals surface area contributed by atoms with Gasteiger partial charge in [-0.1, -0.05) is 88.5 Å². The van der Waals surface area contributed by atoms with Crippen molar-refractivity contribution in [2.24, 2.45) is 35.0 Å². The zero-order valence-electron chi connectivity index (χ0n) is 16.7. The SMILES string of the molecule is C[C](C)C(C)C(C)(C)CC(C)C(C)C(C)CCCC(C)C. The molecule has 0 amide bonds. The van der Waals surface area contributed by atoms with E-state index in [0.29, 0.717) is 11.3 Å². The predicted molar refractivity (Wildman–Crippen MR) is 98.3 cm³/mol. The highest BCUT2D eigenvalue weighted by Crippen LogP contribution is 2.41. The number of hydrogen-bond donors (Lipinski definition) is 0. The van der Waals surface area contributed by atoms with Crippen LogP contribution >= 0.6 is 0 Å². The van der Waals surface area contributed by atoms with Gasteiger partial charge in [-0.2, -0.15) is 0 Å². The molecule has 0 aromatic rings.